The first-order valence-corrected chi connectivity index (χ1v) is 9.25. The van der Waals surface area contributed by atoms with Crippen LogP contribution < -0.4 is 10.9 Å². The summed E-state index contributed by atoms with van der Waals surface area (Å²) in [6.07, 6.45) is 5.08. The third kappa shape index (κ3) is 3.11. The molecule has 29 heavy (non-hydrogen) atoms. The molecule has 1 aromatic carbocycles. The van der Waals surface area contributed by atoms with Gasteiger partial charge in [0.1, 0.15) is 6.04 Å². The van der Waals surface area contributed by atoms with Crippen molar-refractivity contribution < 1.29 is 9.53 Å². The molecule has 1 saturated heterocycles. The summed E-state index contributed by atoms with van der Waals surface area (Å²) >= 11 is 0. The van der Waals surface area contributed by atoms with Crippen molar-refractivity contribution in [3.8, 4) is 5.82 Å². The van der Waals surface area contributed by atoms with Gasteiger partial charge in [-0.3, -0.25) is 9.59 Å². The molecule has 0 saturated carbocycles. The van der Waals surface area contributed by atoms with Crippen LogP contribution in [0.4, 0.5) is 0 Å². The third-order valence-electron chi connectivity index (χ3n) is 5.07. The molecule has 146 valence electrons. The zero-order valence-corrected chi connectivity index (χ0v) is 15.4. The van der Waals surface area contributed by atoms with E-state index in [1.165, 1.54) is 10.7 Å². The van der Waals surface area contributed by atoms with E-state index >= 15 is 0 Å². The number of amides is 1. The molecule has 2 unspecified atom stereocenters. The molecule has 0 radical (unpaired) electrons. The minimum Gasteiger partial charge on any atom is -0.377 e. The molecule has 0 aliphatic carbocycles. The summed E-state index contributed by atoms with van der Waals surface area (Å²) in [7, 11) is 0. The number of rotatable bonds is 4. The number of hydrogen-bond acceptors (Lipinski definition) is 5. The Balaban J connectivity index is 1.43. The van der Waals surface area contributed by atoms with Gasteiger partial charge in [-0.05, 0) is 18.2 Å². The number of aromatic nitrogens is 5. The van der Waals surface area contributed by atoms with Crippen LogP contribution in [0.15, 0.2) is 65.8 Å². The van der Waals surface area contributed by atoms with Crippen LogP contribution in [0, 0.1) is 0 Å². The van der Waals surface area contributed by atoms with Crippen molar-refractivity contribution in [3.63, 3.8) is 0 Å². The number of benzene rings is 1. The third-order valence-corrected chi connectivity index (χ3v) is 5.07. The highest BCUT2D eigenvalue weighted by Gasteiger charge is 2.33. The van der Waals surface area contributed by atoms with Gasteiger partial charge in [0, 0.05) is 35.6 Å². The highest BCUT2D eigenvalue weighted by Crippen LogP contribution is 2.21. The second-order valence-electron chi connectivity index (χ2n) is 6.86. The fourth-order valence-electron chi connectivity index (χ4n) is 3.61. The molecule has 5 rings (SSSR count). The summed E-state index contributed by atoms with van der Waals surface area (Å²) in [5.74, 6) is 0.294. The molecule has 1 amide bonds. The van der Waals surface area contributed by atoms with Crippen molar-refractivity contribution in [1.29, 1.82) is 0 Å². The van der Waals surface area contributed by atoms with Crippen molar-refractivity contribution in [2.45, 2.75) is 12.1 Å². The lowest BCUT2D eigenvalue weighted by atomic mass is 10.1. The molecule has 9 heteroatoms. The van der Waals surface area contributed by atoms with Crippen LogP contribution in [-0.4, -0.2) is 49.7 Å². The zero-order chi connectivity index (χ0) is 19.8. The summed E-state index contributed by atoms with van der Waals surface area (Å²) in [4.78, 5) is 28.4. The normalized spacial score (nSPS) is 18.9. The summed E-state index contributed by atoms with van der Waals surface area (Å²) in [5, 5.41) is 12.4. The second-order valence-corrected chi connectivity index (χ2v) is 6.86. The van der Waals surface area contributed by atoms with Gasteiger partial charge < -0.3 is 15.0 Å². The molecular formula is C20H18N6O3. The number of ether oxygens (including phenoxy) is 1. The Morgan fingerprint density at radius 3 is 2.93 bits per heavy atom. The topological polar surface area (TPSA) is 107 Å². The molecular weight excluding hydrogens is 372 g/mol. The summed E-state index contributed by atoms with van der Waals surface area (Å²) < 4.78 is 8.51. The highest BCUT2D eigenvalue weighted by atomic mass is 16.5. The smallest absolute Gasteiger partial charge is 0.267 e. The number of nitrogens with one attached hydrogen (secondary N) is 2. The van der Waals surface area contributed by atoms with Gasteiger partial charge in [-0.15, -0.1) is 5.10 Å². The van der Waals surface area contributed by atoms with Crippen LogP contribution in [0.3, 0.4) is 0 Å². The minimum atomic E-state index is -0.410. The lowest BCUT2D eigenvalue weighted by molar-refractivity contribution is 0.0926. The van der Waals surface area contributed by atoms with E-state index in [2.05, 4.69) is 20.5 Å². The minimum absolute atomic E-state index is 0.223. The Labute approximate surface area is 164 Å². The number of carbonyl (C=O) groups is 1. The van der Waals surface area contributed by atoms with E-state index in [1.54, 1.807) is 35.4 Å². The van der Waals surface area contributed by atoms with Crippen molar-refractivity contribution in [3.05, 3.63) is 77.0 Å². The van der Waals surface area contributed by atoms with Gasteiger partial charge in [0.25, 0.3) is 11.5 Å². The quantitative estimate of drug-likeness (QED) is 0.546. The van der Waals surface area contributed by atoms with E-state index in [9.17, 15) is 9.59 Å². The van der Waals surface area contributed by atoms with E-state index < -0.39 is 6.04 Å². The molecule has 1 aliphatic heterocycles. The molecule has 1 aliphatic rings. The number of aromatic amines is 1. The maximum Gasteiger partial charge on any atom is 0.267 e. The van der Waals surface area contributed by atoms with Crippen molar-refractivity contribution >= 4 is 16.8 Å². The number of H-pyrrole nitrogens is 1. The first kappa shape index (κ1) is 17.4. The first-order chi connectivity index (χ1) is 14.2. The number of hydrogen-bond donors (Lipinski definition) is 2. The maximum atomic E-state index is 12.9. The highest BCUT2D eigenvalue weighted by molar-refractivity contribution is 6.06. The van der Waals surface area contributed by atoms with Crippen LogP contribution in [0.5, 0.6) is 0 Å². The van der Waals surface area contributed by atoms with Gasteiger partial charge >= 0.3 is 0 Å². The molecule has 4 heterocycles. The monoisotopic (exact) mass is 390 g/mol. The molecule has 2 atom stereocenters. The lowest BCUT2D eigenvalue weighted by Gasteiger charge is -2.20. The SMILES string of the molecule is O=C(NC1COCC1n1nc(-n2cccn2)ccc1=O)c1c[nH]c2ccccc12. The fourth-order valence-corrected chi connectivity index (χ4v) is 3.61. The van der Waals surface area contributed by atoms with E-state index in [0.717, 1.165) is 10.9 Å². The van der Waals surface area contributed by atoms with Crippen LogP contribution in [0.1, 0.15) is 16.4 Å². The van der Waals surface area contributed by atoms with Crippen LogP contribution in [-0.2, 0) is 4.74 Å². The Morgan fingerprint density at radius 2 is 2.07 bits per heavy atom. The molecule has 4 aromatic rings. The van der Waals surface area contributed by atoms with Gasteiger partial charge in [0.2, 0.25) is 0 Å². The first-order valence-electron chi connectivity index (χ1n) is 9.25. The van der Waals surface area contributed by atoms with E-state index in [1.807, 2.05) is 24.3 Å². The lowest BCUT2D eigenvalue weighted by Crippen LogP contribution is -2.44. The molecule has 1 fully saturated rings. The average Bonchev–Trinajstić information content (AvgIpc) is 3.49. The largest absolute Gasteiger partial charge is 0.377 e. The molecule has 0 bridgehead atoms. The summed E-state index contributed by atoms with van der Waals surface area (Å²) in [5.41, 5.74) is 1.18. The predicted molar refractivity (Wildman–Crippen MR) is 105 cm³/mol. The van der Waals surface area contributed by atoms with Crippen molar-refractivity contribution in [1.82, 2.24) is 29.9 Å². The number of para-hydroxylation sites is 1. The Kier molecular flexibility index (Phi) is 4.21. The van der Waals surface area contributed by atoms with Gasteiger partial charge in [-0.25, -0.2) is 9.36 Å². The Bertz CT molecular complexity index is 1230. The molecule has 3 aromatic heterocycles. The fraction of sp³-hybridized carbons (Fsp3) is 0.200. The van der Waals surface area contributed by atoms with Crippen molar-refractivity contribution in [2.75, 3.05) is 13.2 Å². The van der Waals surface area contributed by atoms with Gasteiger partial charge in [-0.2, -0.15) is 5.10 Å². The average molecular weight is 390 g/mol. The summed E-state index contributed by atoms with van der Waals surface area (Å²) in [6, 6.07) is 11.6. The van der Waals surface area contributed by atoms with E-state index in [-0.39, 0.29) is 24.1 Å². The van der Waals surface area contributed by atoms with Crippen molar-refractivity contribution in [2.24, 2.45) is 0 Å². The maximum absolute atomic E-state index is 12.9. The summed E-state index contributed by atoms with van der Waals surface area (Å²) in [6.45, 7) is 0.590. The van der Waals surface area contributed by atoms with E-state index in [0.29, 0.717) is 18.0 Å². The standard InChI is InChI=1S/C20H18N6O3/c27-19-7-6-18(25-9-3-8-22-25)24-26(19)17-12-29-11-16(17)23-20(28)14-10-21-15-5-2-1-4-13(14)15/h1-10,16-17,21H,11-12H2,(H,23,28). The zero-order valence-electron chi connectivity index (χ0n) is 15.4. The van der Waals surface area contributed by atoms with E-state index in [4.69, 9.17) is 4.74 Å². The van der Waals surface area contributed by atoms with Gasteiger partial charge in [-0.1, -0.05) is 18.2 Å². The molecule has 0 spiro atoms. The molecule has 2 N–H and O–H groups in total. The van der Waals surface area contributed by atoms with Crippen LogP contribution in [0.25, 0.3) is 16.7 Å². The number of nitrogens with zero attached hydrogens (tertiary/aromatic N) is 4. The van der Waals surface area contributed by atoms with Gasteiger partial charge in [0.15, 0.2) is 5.82 Å². The Morgan fingerprint density at radius 1 is 1.17 bits per heavy atom. The number of carbonyl (C=O) groups excluding carboxylic acids is 1. The number of fused-ring (bicyclic) bond motifs is 1. The second kappa shape index (κ2) is 7.02. The molecule has 9 nitrogen and oxygen atoms in total. The predicted octanol–water partition coefficient (Wildman–Crippen LogP) is 1.28. The van der Waals surface area contributed by atoms with Crippen LogP contribution in [0.2, 0.25) is 0 Å². The Hall–Kier alpha value is -3.72. The van der Waals surface area contributed by atoms with Gasteiger partial charge in [0.05, 0.1) is 24.8 Å². The van der Waals surface area contributed by atoms with Crippen LogP contribution >= 0.6 is 0 Å².